The van der Waals surface area contributed by atoms with Crippen LogP contribution in [0.5, 0.6) is 0 Å². The van der Waals surface area contributed by atoms with Gasteiger partial charge < -0.3 is 18.6 Å². The second-order valence-electron chi connectivity index (χ2n) is 12.4. The van der Waals surface area contributed by atoms with Gasteiger partial charge in [-0.2, -0.15) is 0 Å². The lowest BCUT2D eigenvalue weighted by atomic mass is 9.46. The van der Waals surface area contributed by atoms with Crippen molar-refractivity contribution in [2.24, 2.45) is 34.5 Å². The molecule has 5 aliphatic rings. The van der Waals surface area contributed by atoms with Crippen LogP contribution in [0.15, 0.2) is 40.2 Å². The molecule has 1 aromatic rings. The molecule has 0 bridgehead atoms. The molecular formula is C30H36O7. The maximum atomic E-state index is 13.6. The number of hydrogen-bond donors (Lipinski definition) is 0. The number of esters is 2. The van der Waals surface area contributed by atoms with E-state index >= 15 is 0 Å². The highest BCUT2D eigenvalue weighted by molar-refractivity contribution is 5.98. The van der Waals surface area contributed by atoms with E-state index in [1.165, 1.54) is 29.9 Å². The van der Waals surface area contributed by atoms with E-state index in [0.29, 0.717) is 5.92 Å². The highest BCUT2D eigenvalue weighted by Crippen LogP contribution is 2.69. The van der Waals surface area contributed by atoms with E-state index in [1.54, 1.807) is 6.08 Å². The number of hydrogen-bond acceptors (Lipinski definition) is 7. The Morgan fingerprint density at radius 1 is 1.16 bits per heavy atom. The minimum Gasteiger partial charge on any atom is -0.472 e. The average molecular weight is 509 g/mol. The van der Waals surface area contributed by atoms with Crippen molar-refractivity contribution in [3.05, 3.63) is 47.0 Å². The Labute approximate surface area is 217 Å². The molecule has 7 heteroatoms. The van der Waals surface area contributed by atoms with Crippen molar-refractivity contribution in [2.75, 3.05) is 7.11 Å². The summed E-state index contributed by atoms with van der Waals surface area (Å²) in [5.74, 6) is -2.20. The Hall–Kier alpha value is -2.67. The molecule has 198 valence electrons. The Morgan fingerprint density at radius 2 is 1.89 bits per heavy atom. The van der Waals surface area contributed by atoms with Crippen molar-refractivity contribution in [1.29, 1.82) is 0 Å². The maximum Gasteiger partial charge on any atom is 0.316 e. The van der Waals surface area contributed by atoms with Crippen LogP contribution in [0.4, 0.5) is 0 Å². The molecule has 1 saturated carbocycles. The third kappa shape index (κ3) is 2.95. The summed E-state index contributed by atoms with van der Waals surface area (Å²) in [6.45, 7) is 12.3. The van der Waals surface area contributed by atoms with Crippen molar-refractivity contribution in [2.45, 2.75) is 78.1 Å². The van der Waals surface area contributed by atoms with Gasteiger partial charge in [-0.25, -0.2) is 0 Å². The number of ketones is 1. The number of ether oxygens (including phenoxy) is 3. The quantitative estimate of drug-likeness (QED) is 0.429. The monoisotopic (exact) mass is 508 g/mol. The summed E-state index contributed by atoms with van der Waals surface area (Å²) >= 11 is 0. The Morgan fingerprint density at radius 3 is 2.57 bits per heavy atom. The fourth-order valence-corrected chi connectivity index (χ4v) is 8.82. The molecular weight excluding hydrogens is 472 g/mol. The van der Waals surface area contributed by atoms with E-state index in [4.69, 9.17) is 18.6 Å². The summed E-state index contributed by atoms with van der Waals surface area (Å²) in [6.07, 6.45) is 6.48. The molecule has 37 heavy (non-hydrogen) atoms. The van der Waals surface area contributed by atoms with E-state index < -0.39 is 40.8 Å². The average Bonchev–Trinajstić information content (AvgIpc) is 3.58. The summed E-state index contributed by atoms with van der Waals surface area (Å²) in [5.41, 5.74) is 3.09. The van der Waals surface area contributed by atoms with Gasteiger partial charge in [0, 0.05) is 28.7 Å². The first-order chi connectivity index (χ1) is 17.5. The number of furan rings is 1. The molecule has 0 spiro atoms. The van der Waals surface area contributed by atoms with Crippen molar-refractivity contribution in [1.82, 2.24) is 0 Å². The molecule has 3 aliphatic carbocycles. The van der Waals surface area contributed by atoms with Crippen molar-refractivity contribution >= 4 is 17.7 Å². The third-order valence-corrected chi connectivity index (χ3v) is 10.5. The third-order valence-electron chi connectivity index (χ3n) is 10.5. The topological polar surface area (TPSA) is 92.0 Å². The molecule has 4 unspecified atom stereocenters. The van der Waals surface area contributed by atoms with Crippen LogP contribution in [-0.2, 0) is 28.6 Å². The summed E-state index contributed by atoms with van der Waals surface area (Å²) in [6, 6.07) is 0. The summed E-state index contributed by atoms with van der Waals surface area (Å²) < 4.78 is 23.7. The number of methoxy groups -OCH3 is 1. The van der Waals surface area contributed by atoms with Crippen LogP contribution in [0.1, 0.15) is 70.9 Å². The van der Waals surface area contributed by atoms with Crippen LogP contribution in [0.3, 0.4) is 0 Å². The minimum atomic E-state index is -0.922. The van der Waals surface area contributed by atoms with Gasteiger partial charge in [0.05, 0.1) is 37.1 Å². The Kier molecular flexibility index (Phi) is 5.28. The molecule has 3 heterocycles. The summed E-state index contributed by atoms with van der Waals surface area (Å²) in [5, 5.41) is 0. The molecule has 2 saturated heterocycles. The van der Waals surface area contributed by atoms with Gasteiger partial charge in [-0.15, -0.1) is 0 Å². The van der Waals surface area contributed by atoms with Crippen molar-refractivity contribution in [3.8, 4) is 0 Å². The van der Waals surface area contributed by atoms with Crippen LogP contribution in [0, 0.1) is 34.5 Å². The van der Waals surface area contributed by atoms with Crippen LogP contribution >= 0.6 is 0 Å². The highest BCUT2D eigenvalue weighted by Gasteiger charge is 2.75. The number of fused-ring (bicyclic) bond motifs is 4. The normalized spacial score (nSPS) is 42.5. The SMILES string of the molecule is COC(=O)C(C)[C@@H]1C2C(=O)C=C[C@@]3(C)C(=O)OC(C23)[C@H]2O[C@@H]3C[C@@H](c4cocc4C(C)C)C(C)=C3[C@@]12C. The molecule has 0 amide bonds. The predicted molar refractivity (Wildman–Crippen MR) is 133 cm³/mol. The van der Waals surface area contributed by atoms with Crippen LogP contribution in [-0.4, -0.2) is 43.1 Å². The fourth-order valence-electron chi connectivity index (χ4n) is 8.82. The lowest BCUT2D eigenvalue weighted by Crippen LogP contribution is -2.62. The van der Waals surface area contributed by atoms with Gasteiger partial charge in [-0.05, 0) is 49.3 Å². The molecule has 0 aromatic carbocycles. The van der Waals surface area contributed by atoms with Gasteiger partial charge in [0.1, 0.15) is 12.2 Å². The van der Waals surface area contributed by atoms with E-state index in [2.05, 4.69) is 27.7 Å². The smallest absolute Gasteiger partial charge is 0.316 e. The standard InChI is InChI=1S/C30H36O7/c1-13(2)17-11-35-12-18(17)16-10-20-22(14(16)3)30(6)23(15(4)27(32)34-7)21-19(31)8-9-29(5)24(21)25(26(30)36-20)37-28(29)33/h8-9,11-13,15-16,20-21,23-26H,10H2,1-7H3/t15?,16-,20-,21?,23-,24?,25?,26-,29-,30+/m1/s1. The molecule has 3 fully saturated rings. The van der Waals surface area contributed by atoms with Crippen LogP contribution in [0.25, 0.3) is 0 Å². The van der Waals surface area contributed by atoms with Gasteiger partial charge in [-0.3, -0.25) is 14.4 Å². The fraction of sp³-hybridized carbons (Fsp3) is 0.633. The number of allylic oxidation sites excluding steroid dienone is 2. The number of rotatable bonds is 4. The zero-order chi connectivity index (χ0) is 26.6. The second-order valence-corrected chi connectivity index (χ2v) is 12.4. The molecule has 2 aliphatic heterocycles. The molecule has 0 radical (unpaired) electrons. The van der Waals surface area contributed by atoms with Gasteiger partial charge in [0.2, 0.25) is 0 Å². The molecule has 1 aromatic heterocycles. The molecule has 6 rings (SSSR count). The van der Waals surface area contributed by atoms with Gasteiger partial charge in [-0.1, -0.05) is 39.3 Å². The first-order valence-corrected chi connectivity index (χ1v) is 13.4. The molecule has 7 nitrogen and oxygen atoms in total. The van der Waals surface area contributed by atoms with Gasteiger partial charge >= 0.3 is 11.9 Å². The van der Waals surface area contributed by atoms with Crippen molar-refractivity contribution < 1.29 is 33.0 Å². The first kappa shape index (κ1) is 24.7. The lowest BCUT2D eigenvalue weighted by molar-refractivity contribution is -0.179. The van der Waals surface area contributed by atoms with Gasteiger partial charge in [0.15, 0.2) is 5.78 Å². The van der Waals surface area contributed by atoms with Crippen LogP contribution in [0.2, 0.25) is 0 Å². The number of carbonyl (C=O) groups is 3. The second kappa shape index (κ2) is 7.92. The summed E-state index contributed by atoms with van der Waals surface area (Å²) in [4.78, 5) is 39.9. The molecule has 0 N–H and O–H groups in total. The Bertz CT molecular complexity index is 1250. The maximum absolute atomic E-state index is 13.6. The first-order valence-electron chi connectivity index (χ1n) is 13.4. The molecule has 10 atom stereocenters. The minimum absolute atomic E-state index is 0.0561. The van der Waals surface area contributed by atoms with E-state index in [0.717, 1.165) is 12.0 Å². The summed E-state index contributed by atoms with van der Waals surface area (Å²) in [7, 11) is 1.38. The zero-order valence-electron chi connectivity index (χ0n) is 22.6. The highest BCUT2D eigenvalue weighted by atomic mass is 16.6. The van der Waals surface area contributed by atoms with E-state index in [1.807, 2.05) is 26.4 Å². The Balaban J connectivity index is 1.55. The largest absolute Gasteiger partial charge is 0.472 e. The van der Waals surface area contributed by atoms with Crippen molar-refractivity contribution in [3.63, 3.8) is 0 Å². The van der Waals surface area contributed by atoms with Gasteiger partial charge in [0.25, 0.3) is 0 Å². The lowest BCUT2D eigenvalue weighted by Gasteiger charge is -2.55. The van der Waals surface area contributed by atoms with Crippen LogP contribution < -0.4 is 0 Å². The van der Waals surface area contributed by atoms with E-state index in [-0.39, 0.29) is 35.7 Å². The number of carbonyl (C=O) groups excluding carboxylic acids is 3. The zero-order valence-corrected chi connectivity index (χ0v) is 22.6. The van der Waals surface area contributed by atoms with E-state index in [9.17, 15) is 14.4 Å². The predicted octanol–water partition coefficient (Wildman–Crippen LogP) is 4.72.